The van der Waals surface area contributed by atoms with Crippen LogP contribution in [0.2, 0.25) is 5.02 Å². The summed E-state index contributed by atoms with van der Waals surface area (Å²) in [7, 11) is 0. The predicted octanol–water partition coefficient (Wildman–Crippen LogP) is 4.01. The maximum atomic E-state index is 12.7. The van der Waals surface area contributed by atoms with Crippen molar-refractivity contribution >= 4 is 34.6 Å². The molecule has 0 saturated carbocycles. The molecular formula is C21H25ClN4O3. The number of carbonyl (C=O) groups is 1. The van der Waals surface area contributed by atoms with Crippen LogP contribution in [0.4, 0.5) is 17.1 Å². The van der Waals surface area contributed by atoms with E-state index in [-0.39, 0.29) is 22.7 Å². The average Bonchev–Trinajstić information content (AvgIpc) is 2.71. The zero-order chi connectivity index (χ0) is 21.1. The van der Waals surface area contributed by atoms with Gasteiger partial charge in [-0.05, 0) is 44.0 Å². The number of amides is 1. The first-order valence-electron chi connectivity index (χ1n) is 9.58. The van der Waals surface area contributed by atoms with E-state index in [2.05, 4.69) is 47.2 Å². The van der Waals surface area contributed by atoms with Crippen LogP contribution in [0, 0.1) is 24.0 Å². The fourth-order valence-electron chi connectivity index (χ4n) is 3.55. The number of hydrogen-bond donors (Lipinski definition) is 1. The molecule has 1 atom stereocenters. The van der Waals surface area contributed by atoms with Crippen LogP contribution in [0.5, 0.6) is 0 Å². The van der Waals surface area contributed by atoms with Crippen molar-refractivity contribution in [1.29, 1.82) is 0 Å². The minimum atomic E-state index is -0.518. The summed E-state index contributed by atoms with van der Waals surface area (Å²) in [6, 6.07) is 10.0. The van der Waals surface area contributed by atoms with Gasteiger partial charge >= 0.3 is 0 Å². The topological polar surface area (TPSA) is 78.7 Å². The van der Waals surface area contributed by atoms with Gasteiger partial charge in [0.2, 0.25) is 5.91 Å². The van der Waals surface area contributed by atoms with E-state index in [1.54, 1.807) is 0 Å². The third-order valence-electron chi connectivity index (χ3n) is 5.58. The summed E-state index contributed by atoms with van der Waals surface area (Å²) in [5.74, 6) is -0.180. The Labute approximate surface area is 175 Å². The second-order valence-electron chi connectivity index (χ2n) is 7.33. The quantitative estimate of drug-likeness (QED) is 0.588. The molecule has 3 rings (SSSR count). The molecule has 1 N–H and O–H groups in total. The second kappa shape index (κ2) is 8.80. The van der Waals surface area contributed by atoms with Gasteiger partial charge < -0.3 is 10.2 Å². The summed E-state index contributed by atoms with van der Waals surface area (Å²) in [6.45, 7) is 9.36. The highest BCUT2D eigenvalue weighted by atomic mass is 35.5. The second-order valence-corrected chi connectivity index (χ2v) is 7.74. The fraction of sp³-hybridized carbons (Fsp3) is 0.381. The molecule has 0 aliphatic carbocycles. The summed E-state index contributed by atoms with van der Waals surface area (Å²) in [5.41, 5.74) is 4.09. The molecule has 154 valence electrons. The van der Waals surface area contributed by atoms with E-state index in [4.69, 9.17) is 11.6 Å². The molecule has 0 spiro atoms. The molecule has 1 aliphatic rings. The third kappa shape index (κ3) is 4.68. The molecule has 0 radical (unpaired) electrons. The Morgan fingerprint density at radius 2 is 1.86 bits per heavy atom. The molecule has 1 amide bonds. The lowest BCUT2D eigenvalue weighted by atomic mass is 10.1. The zero-order valence-electron chi connectivity index (χ0n) is 16.8. The number of halogens is 1. The number of piperazine rings is 1. The van der Waals surface area contributed by atoms with Crippen LogP contribution in [0.1, 0.15) is 18.1 Å². The van der Waals surface area contributed by atoms with Crippen molar-refractivity contribution in [1.82, 2.24) is 4.90 Å². The number of non-ortho nitro benzene ring substituents is 1. The van der Waals surface area contributed by atoms with Gasteiger partial charge in [-0.15, -0.1) is 0 Å². The molecule has 0 bridgehead atoms. The Bertz CT molecular complexity index is 926. The van der Waals surface area contributed by atoms with E-state index < -0.39 is 4.92 Å². The minimum Gasteiger partial charge on any atom is -0.369 e. The first-order chi connectivity index (χ1) is 13.8. The number of hydrogen-bond acceptors (Lipinski definition) is 5. The van der Waals surface area contributed by atoms with Crippen LogP contribution in [0.15, 0.2) is 36.4 Å². The van der Waals surface area contributed by atoms with Gasteiger partial charge in [0.15, 0.2) is 0 Å². The molecule has 1 aliphatic heterocycles. The Morgan fingerprint density at radius 1 is 1.17 bits per heavy atom. The highest BCUT2D eigenvalue weighted by molar-refractivity contribution is 6.34. The Kier molecular flexibility index (Phi) is 6.39. The smallest absolute Gasteiger partial charge is 0.271 e. The van der Waals surface area contributed by atoms with E-state index in [0.29, 0.717) is 5.69 Å². The molecule has 1 heterocycles. The standard InChI is InChI=1S/C21H25ClN4O3/c1-14-5-4-6-20(15(14)2)25-11-9-24(10-12-25)16(3)21(27)23-19-8-7-17(26(28)29)13-18(19)22/h4-8,13,16H,9-12H2,1-3H3,(H,23,27). The summed E-state index contributed by atoms with van der Waals surface area (Å²) >= 11 is 6.08. The maximum Gasteiger partial charge on any atom is 0.271 e. The molecule has 1 fully saturated rings. The first kappa shape index (κ1) is 21.1. The van der Waals surface area contributed by atoms with Gasteiger partial charge in [-0.25, -0.2) is 0 Å². The lowest BCUT2D eigenvalue weighted by molar-refractivity contribution is -0.384. The molecule has 8 heteroatoms. The summed E-state index contributed by atoms with van der Waals surface area (Å²) < 4.78 is 0. The maximum absolute atomic E-state index is 12.7. The van der Waals surface area contributed by atoms with E-state index in [1.165, 1.54) is 35.0 Å². The largest absolute Gasteiger partial charge is 0.369 e. The molecular weight excluding hydrogens is 392 g/mol. The Hall–Kier alpha value is -2.64. The lowest BCUT2D eigenvalue weighted by Gasteiger charge is -2.39. The number of nitrogens with one attached hydrogen (secondary N) is 1. The van der Waals surface area contributed by atoms with Crippen molar-refractivity contribution in [3.8, 4) is 0 Å². The summed E-state index contributed by atoms with van der Waals surface area (Å²) in [6.07, 6.45) is 0. The summed E-state index contributed by atoms with van der Waals surface area (Å²) in [4.78, 5) is 27.5. The van der Waals surface area contributed by atoms with E-state index in [1.807, 2.05) is 6.92 Å². The van der Waals surface area contributed by atoms with Crippen molar-refractivity contribution in [3.63, 3.8) is 0 Å². The van der Waals surface area contributed by atoms with E-state index >= 15 is 0 Å². The highest BCUT2D eigenvalue weighted by Gasteiger charge is 2.27. The van der Waals surface area contributed by atoms with Gasteiger partial charge in [0.1, 0.15) is 0 Å². The van der Waals surface area contributed by atoms with Gasteiger partial charge in [-0.1, -0.05) is 23.7 Å². The van der Waals surface area contributed by atoms with Crippen molar-refractivity contribution in [2.24, 2.45) is 0 Å². The van der Waals surface area contributed by atoms with Gasteiger partial charge in [0.05, 0.1) is 21.7 Å². The van der Waals surface area contributed by atoms with Crippen molar-refractivity contribution in [2.45, 2.75) is 26.8 Å². The number of aryl methyl sites for hydroxylation is 1. The van der Waals surface area contributed by atoms with Crippen LogP contribution in [0.25, 0.3) is 0 Å². The van der Waals surface area contributed by atoms with Crippen LogP contribution >= 0.6 is 11.6 Å². The first-order valence-corrected chi connectivity index (χ1v) is 9.95. The SMILES string of the molecule is Cc1cccc(N2CCN(C(C)C(=O)Nc3ccc([N+](=O)[O-])cc3Cl)CC2)c1C. The molecule has 1 unspecified atom stereocenters. The van der Waals surface area contributed by atoms with Crippen molar-refractivity contribution < 1.29 is 9.72 Å². The molecule has 7 nitrogen and oxygen atoms in total. The Morgan fingerprint density at radius 3 is 2.48 bits per heavy atom. The predicted molar refractivity (Wildman–Crippen MR) is 116 cm³/mol. The summed E-state index contributed by atoms with van der Waals surface area (Å²) in [5, 5.41) is 13.8. The normalized spacial score (nSPS) is 15.8. The fourth-order valence-corrected chi connectivity index (χ4v) is 3.77. The van der Waals surface area contributed by atoms with Gasteiger partial charge in [-0.2, -0.15) is 0 Å². The van der Waals surface area contributed by atoms with E-state index in [9.17, 15) is 14.9 Å². The van der Waals surface area contributed by atoms with Crippen LogP contribution in [-0.4, -0.2) is 48.0 Å². The van der Waals surface area contributed by atoms with Gasteiger partial charge in [0, 0.05) is 44.0 Å². The molecule has 0 aromatic heterocycles. The van der Waals surface area contributed by atoms with E-state index in [0.717, 1.165) is 26.2 Å². The zero-order valence-corrected chi connectivity index (χ0v) is 17.6. The molecule has 2 aromatic carbocycles. The van der Waals surface area contributed by atoms with Crippen molar-refractivity contribution in [2.75, 3.05) is 36.4 Å². The molecule has 1 saturated heterocycles. The van der Waals surface area contributed by atoms with Gasteiger partial charge in [0.25, 0.3) is 5.69 Å². The number of nitro groups is 1. The molecule has 29 heavy (non-hydrogen) atoms. The average molecular weight is 417 g/mol. The highest BCUT2D eigenvalue weighted by Crippen LogP contribution is 2.27. The third-order valence-corrected chi connectivity index (χ3v) is 5.89. The number of benzene rings is 2. The van der Waals surface area contributed by atoms with Gasteiger partial charge in [-0.3, -0.25) is 19.8 Å². The number of nitrogens with zero attached hydrogens (tertiary/aromatic N) is 3. The number of anilines is 2. The number of carbonyl (C=O) groups excluding carboxylic acids is 1. The monoisotopic (exact) mass is 416 g/mol. The van der Waals surface area contributed by atoms with Crippen LogP contribution < -0.4 is 10.2 Å². The molecule has 2 aromatic rings. The lowest BCUT2D eigenvalue weighted by Crippen LogP contribution is -2.53. The van der Waals surface area contributed by atoms with Crippen LogP contribution in [0.3, 0.4) is 0 Å². The van der Waals surface area contributed by atoms with Crippen LogP contribution in [-0.2, 0) is 4.79 Å². The van der Waals surface area contributed by atoms with Crippen molar-refractivity contribution in [3.05, 3.63) is 62.7 Å². The number of rotatable bonds is 5. The minimum absolute atomic E-state index is 0.108. The Balaban J connectivity index is 1.60. The number of nitro benzene ring substituents is 1.